The first-order valence-electron chi connectivity index (χ1n) is 48.7. The van der Waals surface area contributed by atoms with Crippen molar-refractivity contribution < 1.29 is 128 Å². The Hall–Kier alpha value is -4.23. The summed E-state index contributed by atoms with van der Waals surface area (Å²) in [7, 11) is 0. The number of hydrogen-bond acceptors (Lipinski definition) is 27. The van der Waals surface area contributed by atoms with Crippen LogP contribution in [0.2, 0.25) is 0 Å². The Bertz CT molecular complexity index is 3530. The van der Waals surface area contributed by atoms with Crippen molar-refractivity contribution in [1.29, 1.82) is 0 Å². The van der Waals surface area contributed by atoms with Crippen molar-refractivity contribution in [2.45, 2.75) is 373 Å². The summed E-state index contributed by atoms with van der Waals surface area (Å²) < 4.78 is 108. The van der Waals surface area contributed by atoms with Gasteiger partial charge in [0.25, 0.3) is 0 Å². The van der Waals surface area contributed by atoms with Crippen LogP contribution in [-0.2, 0) is 128 Å². The fourth-order valence-corrected chi connectivity index (χ4v) is 25.4. The molecule has 12 heterocycles. The van der Waals surface area contributed by atoms with Crippen LogP contribution in [-0.4, -0.2) is 248 Å². The van der Waals surface area contributed by atoms with Gasteiger partial charge in [0, 0.05) is 19.3 Å². The van der Waals surface area contributed by atoms with Crippen LogP contribution >= 0.6 is 0 Å². The molecule has 0 N–H and O–H groups in total. The number of carbonyl (C=O) groups excluding carboxylic acids is 7. The van der Waals surface area contributed by atoms with Crippen molar-refractivity contribution in [3.63, 3.8) is 0 Å². The maximum atomic E-state index is 12.2. The van der Waals surface area contributed by atoms with E-state index in [9.17, 15) is 33.6 Å². The molecule has 16 aliphatic carbocycles. The Morgan fingerprint density at radius 1 is 0.279 bits per heavy atom. The number of hydrogen-bond donors (Lipinski definition) is 0. The Morgan fingerprint density at radius 2 is 0.746 bits per heavy atom. The van der Waals surface area contributed by atoms with Crippen LogP contribution in [0.5, 0.6) is 0 Å². The molecule has 28 aliphatic rings. The van der Waals surface area contributed by atoms with Gasteiger partial charge in [-0.3, -0.25) is 33.6 Å². The van der Waals surface area contributed by atoms with E-state index in [1.807, 2.05) is 0 Å². The molecule has 4 bridgehead atoms. The highest BCUT2D eigenvalue weighted by molar-refractivity contribution is 5.83. The standard InChI is InChI=1S/C21H32O5.C15H20O6.C15H22O3.C14H20O6.C10H14O3.C10H12O2.C9H12O2.CH4/c22-20(24-12-14-5-7-16-11-17(16)9-14)3-1-2-4-21(23)25-13-15-6-8-18-19(10-15)26-18;16-14(19-5-8-1-2-8)10-3-12-13(21-12)4-11(10)15(17)20-7-9-6-18-9;16-15(6-9-1-4-13-14(5-9)18-13)17-12-3-2-10-7-11(10)8-12;15-13(19-7-9-5-17-9)11-3-1-2-4-12(11)14(16)20-8-10-6-18-10;1-3-7-9(12-7)5(1)11-6-2-4-8-10(6)13-8;1-4-3-2-6-10(11-6)7(3)5(1)9-8(4)12-9;1-4-2-6(9-8(4)11-9)5(1)7-3-10-7;/h14-19H,1-13H2;8-13H,1-7H2;9-14H,1-8H2;9-12H,1-8H2;5-10H,1-4H2;3-10H,1-2H2;4-9H,1-3H2;1H4. The molecule has 122 heavy (non-hydrogen) atoms. The third-order valence-electron chi connectivity index (χ3n) is 33.6. The topological polar surface area (TPSA) is 344 Å². The maximum absolute atomic E-state index is 12.2. The summed E-state index contributed by atoms with van der Waals surface area (Å²) >= 11 is 0. The quantitative estimate of drug-likeness (QED) is 0.0319. The number of ether oxygens (including phenoxy) is 20. The molecule has 12 saturated heterocycles. The summed E-state index contributed by atoms with van der Waals surface area (Å²) in [5, 5.41) is 0. The molecule has 41 atom stereocenters. The zero-order chi connectivity index (χ0) is 81.3. The molecule has 28 rings (SSSR count). The van der Waals surface area contributed by atoms with Crippen LogP contribution in [0, 0.1) is 112 Å². The van der Waals surface area contributed by atoms with Crippen molar-refractivity contribution in [2.24, 2.45) is 112 Å². The molecule has 0 radical (unpaired) electrons. The number of fused-ring (bicyclic) bond motifs is 22. The van der Waals surface area contributed by atoms with E-state index < -0.39 is 11.8 Å². The highest BCUT2D eigenvalue weighted by Crippen LogP contribution is 2.70. The van der Waals surface area contributed by atoms with E-state index in [2.05, 4.69) is 0 Å². The maximum Gasteiger partial charge on any atom is 0.310 e. The van der Waals surface area contributed by atoms with Crippen LogP contribution in [0.1, 0.15) is 232 Å². The predicted octanol–water partition coefficient (Wildman–Crippen LogP) is 10.8. The Kier molecular flexibility index (Phi) is 25.1. The first-order valence-corrected chi connectivity index (χ1v) is 48.7. The molecule has 0 aromatic carbocycles. The van der Waals surface area contributed by atoms with E-state index in [-0.39, 0.29) is 104 Å². The Morgan fingerprint density at radius 3 is 1.28 bits per heavy atom. The summed E-state index contributed by atoms with van der Waals surface area (Å²) in [5.41, 5.74) is 0. The molecule has 27 heteroatoms. The number of rotatable bonds is 27. The zero-order valence-corrected chi connectivity index (χ0v) is 70.6. The summed E-state index contributed by atoms with van der Waals surface area (Å²) in [5.74, 6) is 9.36. The minimum atomic E-state index is -0.431. The number of unbranched alkanes of at least 4 members (excludes halogenated alkanes) is 1. The summed E-state index contributed by atoms with van der Waals surface area (Å²) in [4.78, 5) is 84.3. The lowest BCUT2D eigenvalue weighted by atomic mass is 9.79. The van der Waals surface area contributed by atoms with Crippen LogP contribution < -0.4 is 0 Å². The molecule has 16 saturated carbocycles. The smallest absolute Gasteiger partial charge is 0.310 e. The highest BCUT2D eigenvalue weighted by Gasteiger charge is 2.75. The first kappa shape index (κ1) is 84.6. The summed E-state index contributed by atoms with van der Waals surface area (Å²) in [6.07, 6.45) is 46.8. The van der Waals surface area contributed by atoms with E-state index in [1.165, 1.54) is 89.9 Å². The lowest BCUT2D eigenvalue weighted by molar-refractivity contribution is -0.163. The van der Waals surface area contributed by atoms with Crippen molar-refractivity contribution >= 4 is 41.8 Å². The van der Waals surface area contributed by atoms with Crippen molar-refractivity contribution in [1.82, 2.24) is 0 Å². The third kappa shape index (κ3) is 21.1. The third-order valence-corrected chi connectivity index (χ3v) is 33.6. The van der Waals surface area contributed by atoms with Gasteiger partial charge in [0.2, 0.25) is 0 Å². The normalized spacial score (nSPS) is 48.6. The van der Waals surface area contributed by atoms with Crippen molar-refractivity contribution in [3.8, 4) is 0 Å². The van der Waals surface area contributed by atoms with Gasteiger partial charge in [-0.05, 0) is 281 Å². The first-order chi connectivity index (χ1) is 59.2. The number of esters is 7. The Balaban J connectivity index is 0.0000000888. The summed E-state index contributed by atoms with van der Waals surface area (Å²) in [6, 6.07) is 0. The van der Waals surface area contributed by atoms with Crippen LogP contribution in [0.25, 0.3) is 0 Å². The number of epoxide rings is 12. The highest BCUT2D eigenvalue weighted by atomic mass is 16.7. The van der Waals surface area contributed by atoms with Gasteiger partial charge in [-0.25, -0.2) is 0 Å². The van der Waals surface area contributed by atoms with Crippen LogP contribution in [0.15, 0.2) is 0 Å². The molecule has 0 spiro atoms. The molecule has 28 fully saturated rings. The van der Waals surface area contributed by atoms with Crippen molar-refractivity contribution in [2.75, 3.05) is 66.1 Å². The molecule has 678 valence electrons. The lowest BCUT2D eigenvalue weighted by Gasteiger charge is -2.28. The fourth-order valence-electron chi connectivity index (χ4n) is 25.4. The van der Waals surface area contributed by atoms with Gasteiger partial charge >= 0.3 is 41.8 Å². The van der Waals surface area contributed by atoms with Gasteiger partial charge in [0.1, 0.15) is 56.4 Å². The largest absolute Gasteiger partial charge is 0.465 e. The Labute approximate surface area is 717 Å². The van der Waals surface area contributed by atoms with E-state index >= 15 is 0 Å². The van der Waals surface area contributed by atoms with Gasteiger partial charge in [0.15, 0.2) is 0 Å². The van der Waals surface area contributed by atoms with E-state index in [0.29, 0.717) is 238 Å². The monoisotopic (exact) mass is 1710 g/mol. The second-order valence-electron chi connectivity index (χ2n) is 42.3. The van der Waals surface area contributed by atoms with E-state index in [4.69, 9.17) is 94.7 Å². The van der Waals surface area contributed by atoms with Crippen LogP contribution in [0.4, 0.5) is 0 Å². The second-order valence-corrected chi connectivity index (χ2v) is 42.3. The van der Waals surface area contributed by atoms with Gasteiger partial charge in [0.05, 0.1) is 174 Å². The van der Waals surface area contributed by atoms with Gasteiger partial charge in [-0.2, -0.15) is 0 Å². The van der Waals surface area contributed by atoms with Gasteiger partial charge < -0.3 is 94.7 Å². The van der Waals surface area contributed by atoms with E-state index in [1.54, 1.807) is 0 Å². The molecule has 0 aromatic rings. The number of carbonyl (C=O) groups is 7. The van der Waals surface area contributed by atoms with Crippen molar-refractivity contribution in [3.05, 3.63) is 0 Å². The molecule has 0 amide bonds. The molecule has 41 unspecified atom stereocenters. The minimum absolute atomic E-state index is 0. The second kappa shape index (κ2) is 36.3. The molecule has 0 aromatic heterocycles. The predicted molar refractivity (Wildman–Crippen MR) is 427 cm³/mol. The lowest BCUT2D eigenvalue weighted by Crippen LogP contribution is -2.38. The summed E-state index contributed by atoms with van der Waals surface area (Å²) in [6.45, 7) is 5.49. The fraction of sp³-hybridized carbons (Fsp3) is 0.926. The minimum Gasteiger partial charge on any atom is -0.465 e. The molecular weight excluding hydrogens is 1570 g/mol. The average Bonchev–Trinajstić information content (AvgIpc) is 1.50. The SMILES string of the molecule is C.C1C2OC2C2C1C1CC2C2OC12.C1CC2OC2C1OC1CCC2OC12.C1OC1C1CC2CC1C1OC21.O=C(CC1CCC2OC2C1)OC1CCC2CC2C1.O=C(CCCCC(=O)OCC1CCC2OC2C1)OCC1CCC2CC2C1.O=C(OCC1CC1)C1CC2OC2CC1C(=O)OCC1CO1.O=C(OCC1CO1)C1CCCCC1C(=O)OCC1CO1. The molecular formula is C95H136O27. The zero-order valence-electron chi connectivity index (χ0n) is 70.6. The molecule has 12 aliphatic heterocycles. The van der Waals surface area contributed by atoms with Crippen LogP contribution in [0.3, 0.4) is 0 Å². The average molecular weight is 1710 g/mol. The van der Waals surface area contributed by atoms with E-state index in [0.717, 1.165) is 149 Å². The van der Waals surface area contributed by atoms with Gasteiger partial charge in [-0.1, -0.05) is 20.3 Å². The molecule has 27 nitrogen and oxygen atoms in total. The van der Waals surface area contributed by atoms with Gasteiger partial charge in [-0.15, -0.1) is 0 Å².